The highest BCUT2D eigenvalue weighted by molar-refractivity contribution is 5.56. The predicted octanol–water partition coefficient (Wildman–Crippen LogP) is 3.45. The van der Waals surface area contributed by atoms with Crippen molar-refractivity contribution < 1.29 is 9.66 Å². The second-order valence-corrected chi connectivity index (χ2v) is 5.23. The summed E-state index contributed by atoms with van der Waals surface area (Å²) in [5.74, 6) is 1.90. The van der Waals surface area contributed by atoms with E-state index in [2.05, 4.69) is 12.2 Å². The first kappa shape index (κ1) is 13.6. The van der Waals surface area contributed by atoms with Gasteiger partial charge in [0.1, 0.15) is 5.75 Å². The van der Waals surface area contributed by atoms with E-state index in [-0.39, 0.29) is 5.69 Å². The lowest BCUT2D eigenvalue weighted by Gasteiger charge is -2.17. The normalized spacial score (nSPS) is 22.2. The van der Waals surface area contributed by atoms with Gasteiger partial charge in [-0.25, -0.2) is 0 Å². The molecule has 1 aliphatic carbocycles. The van der Waals surface area contributed by atoms with E-state index in [4.69, 9.17) is 4.74 Å². The quantitative estimate of drug-likeness (QED) is 0.653. The Bertz CT molecular complexity index is 462. The van der Waals surface area contributed by atoms with Crippen molar-refractivity contribution in [2.75, 3.05) is 19.0 Å². The van der Waals surface area contributed by atoms with E-state index in [1.807, 2.05) is 0 Å². The van der Waals surface area contributed by atoms with Crippen LogP contribution in [0.5, 0.6) is 5.75 Å². The van der Waals surface area contributed by atoms with Gasteiger partial charge in [0.2, 0.25) is 0 Å². The van der Waals surface area contributed by atoms with Crippen LogP contribution >= 0.6 is 0 Å². The van der Waals surface area contributed by atoms with Crippen LogP contribution in [-0.2, 0) is 0 Å². The molecule has 0 radical (unpaired) electrons. The van der Waals surface area contributed by atoms with Gasteiger partial charge in [0.25, 0.3) is 5.69 Å². The molecule has 5 nitrogen and oxygen atoms in total. The number of rotatable bonds is 5. The van der Waals surface area contributed by atoms with Crippen LogP contribution < -0.4 is 10.1 Å². The maximum Gasteiger partial charge on any atom is 0.275 e. The first-order valence-corrected chi connectivity index (χ1v) is 6.67. The fraction of sp³-hybridized carbons (Fsp3) is 0.571. The highest BCUT2D eigenvalue weighted by Gasteiger charge is 2.23. The van der Waals surface area contributed by atoms with E-state index in [9.17, 15) is 10.1 Å². The van der Waals surface area contributed by atoms with Crippen LogP contribution in [-0.4, -0.2) is 18.6 Å². The van der Waals surface area contributed by atoms with Gasteiger partial charge in [-0.05, 0) is 18.3 Å². The highest BCUT2D eigenvalue weighted by Crippen LogP contribution is 2.32. The van der Waals surface area contributed by atoms with Crippen molar-refractivity contribution in [2.24, 2.45) is 11.8 Å². The number of methoxy groups -OCH3 is 1. The molecule has 0 aliphatic heterocycles. The van der Waals surface area contributed by atoms with Crippen molar-refractivity contribution in [1.29, 1.82) is 0 Å². The molecular weight excluding hydrogens is 244 g/mol. The SMILES string of the molecule is COc1cc(NCC2CCCC2C)cc([N+](=O)[O-])c1. The standard InChI is InChI=1S/C14H20N2O3/c1-10-4-3-5-11(10)9-15-12-6-13(16(17)18)8-14(7-12)19-2/h6-8,10-11,15H,3-5,9H2,1-2H3. The lowest BCUT2D eigenvalue weighted by Crippen LogP contribution is -2.16. The van der Waals surface area contributed by atoms with E-state index in [0.29, 0.717) is 11.7 Å². The molecule has 1 aromatic carbocycles. The van der Waals surface area contributed by atoms with Gasteiger partial charge in [-0.2, -0.15) is 0 Å². The van der Waals surface area contributed by atoms with Gasteiger partial charge in [-0.3, -0.25) is 10.1 Å². The summed E-state index contributed by atoms with van der Waals surface area (Å²) in [5.41, 5.74) is 0.812. The Balaban J connectivity index is 2.06. The Morgan fingerprint density at radius 3 is 2.79 bits per heavy atom. The minimum atomic E-state index is -0.397. The number of ether oxygens (including phenoxy) is 1. The van der Waals surface area contributed by atoms with E-state index < -0.39 is 4.92 Å². The summed E-state index contributed by atoms with van der Waals surface area (Å²) in [6, 6.07) is 4.79. The number of non-ortho nitro benzene ring substituents is 1. The number of nitrogens with zero attached hydrogens (tertiary/aromatic N) is 1. The van der Waals surface area contributed by atoms with Crippen molar-refractivity contribution >= 4 is 11.4 Å². The number of nitro groups is 1. The molecular formula is C14H20N2O3. The molecule has 2 rings (SSSR count). The van der Waals surface area contributed by atoms with Crippen LogP contribution in [0.4, 0.5) is 11.4 Å². The summed E-state index contributed by atoms with van der Waals surface area (Å²) in [7, 11) is 1.52. The van der Waals surface area contributed by atoms with Crippen LogP contribution in [0.3, 0.4) is 0 Å². The summed E-state index contributed by atoms with van der Waals surface area (Å²) in [4.78, 5) is 10.5. The molecule has 0 heterocycles. The predicted molar refractivity (Wildman–Crippen MR) is 74.6 cm³/mol. The van der Waals surface area contributed by atoms with Crippen molar-refractivity contribution in [3.63, 3.8) is 0 Å². The Labute approximate surface area is 113 Å². The second kappa shape index (κ2) is 5.91. The van der Waals surface area contributed by atoms with Gasteiger partial charge in [-0.15, -0.1) is 0 Å². The molecule has 2 atom stereocenters. The number of hydrogen-bond acceptors (Lipinski definition) is 4. The molecule has 1 fully saturated rings. The summed E-state index contributed by atoms with van der Waals surface area (Å²) in [6.07, 6.45) is 3.80. The van der Waals surface area contributed by atoms with Gasteiger partial charge >= 0.3 is 0 Å². The van der Waals surface area contributed by atoms with Crippen LogP contribution in [0.25, 0.3) is 0 Å². The van der Waals surface area contributed by atoms with Gasteiger partial charge in [0.15, 0.2) is 0 Å². The minimum absolute atomic E-state index is 0.0568. The molecule has 0 amide bonds. The van der Waals surface area contributed by atoms with Crippen molar-refractivity contribution in [3.8, 4) is 5.75 Å². The van der Waals surface area contributed by atoms with E-state index in [1.54, 1.807) is 12.1 Å². The van der Waals surface area contributed by atoms with Crippen LogP contribution in [0.15, 0.2) is 18.2 Å². The van der Waals surface area contributed by atoms with Crippen molar-refractivity contribution in [3.05, 3.63) is 28.3 Å². The third-order valence-electron chi connectivity index (χ3n) is 3.95. The second-order valence-electron chi connectivity index (χ2n) is 5.23. The van der Waals surface area contributed by atoms with Crippen LogP contribution in [0.2, 0.25) is 0 Å². The molecule has 1 saturated carbocycles. The molecule has 0 aromatic heterocycles. The molecule has 0 saturated heterocycles. The molecule has 5 heteroatoms. The topological polar surface area (TPSA) is 64.4 Å². The van der Waals surface area contributed by atoms with Crippen molar-refractivity contribution in [2.45, 2.75) is 26.2 Å². The Kier molecular flexibility index (Phi) is 4.24. The third-order valence-corrected chi connectivity index (χ3v) is 3.95. The lowest BCUT2D eigenvalue weighted by molar-refractivity contribution is -0.384. The molecule has 19 heavy (non-hydrogen) atoms. The average Bonchev–Trinajstić information content (AvgIpc) is 2.81. The zero-order chi connectivity index (χ0) is 13.8. The molecule has 0 bridgehead atoms. The summed E-state index contributed by atoms with van der Waals surface area (Å²) in [6.45, 7) is 3.14. The van der Waals surface area contributed by atoms with Crippen LogP contribution in [0.1, 0.15) is 26.2 Å². The number of anilines is 1. The maximum absolute atomic E-state index is 10.9. The van der Waals surface area contributed by atoms with Gasteiger partial charge in [0, 0.05) is 24.4 Å². The number of benzene rings is 1. The summed E-state index contributed by atoms with van der Waals surface area (Å²) in [5, 5.41) is 14.2. The molecule has 1 N–H and O–H groups in total. The molecule has 1 aliphatic rings. The average molecular weight is 264 g/mol. The number of nitro benzene ring substituents is 1. The lowest BCUT2D eigenvalue weighted by atomic mass is 9.98. The minimum Gasteiger partial charge on any atom is -0.496 e. The van der Waals surface area contributed by atoms with E-state index in [0.717, 1.165) is 18.2 Å². The van der Waals surface area contributed by atoms with Crippen molar-refractivity contribution in [1.82, 2.24) is 0 Å². The number of hydrogen-bond donors (Lipinski definition) is 1. The molecule has 0 spiro atoms. The Hall–Kier alpha value is -1.78. The highest BCUT2D eigenvalue weighted by atomic mass is 16.6. The maximum atomic E-state index is 10.9. The van der Waals surface area contributed by atoms with Gasteiger partial charge in [-0.1, -0.05) is 19.8 Å². The monoisotopic (exact) mass is 264 g/mol. The smallest absolute Gasteiger partial charge is 0.275 e. The third kappa shape index (κ3) is 3.36. The summed E-state index contributed by atoms with van der Waals surface area (Å²) < 4.78 is 5.09. The zero-order valence-electron chi connectivity index (χ0n) is 11.4. The van der Waals surface area contributed by atoms with Gasteiger partial charge in [0.05, 0.1) is 18.1 Å². The molecule has 1 aromatic rings. The fourth-order valence-corrected chi connectivity index (χ4v) is 2.68. The molecule has 104 valence electrons. The van der Waals surface area contributed by atoms with E-state index >= 15 is 0 Å². The summed E-state index contributed by atoms with van der Waals surface area (Å²) >= 11 is 0. The first-order chi connectivity index (χ1) is 9.10. The Morgan fingerprint density at radius 1 is 1.42 bits per heavy atom. The Morgan fingerprint density at radius 2 is 2.21 bits per heavy atom. The number of nitrogens with one attached hydrogen (secondary N) is 1. The molecule has 2 unspecified atom stereocenters. The van der Waals surface area contributed by atoms with Crippen LogP contribution in [0, 0.1) is 22.0 Å². The van der Waals surface area contributed by atoms with Gasteiger partial charge < -0.3 is 10.1 Å². The van der Waals surface area contributed by atoms with E-state index in [1.165, 1.54) is 32.4 Å². The fourth-order valence-electron chi connectivity index (χ4n) is 2.68. The largest absolute Gasteiger partial charge is 0.496 e. The first-order valence-electron chi connectivity index (χ1n) is 6.67. The zero-order valence-corrected chi connectivity index (χ0v) is 11.4.